The Labute approximate surface area is 134 Å². The molecule has 0 aliphatic rings. The summed E-state index contributed by atoms with van der Waals surface area (Å²) >= 11 is 12.0. The van der Waals surface area contributed by atoms with E-state index in [1.54, 1.807) is 18.2 Å². The summed E-state index contributed by atoms with van der Waals surface area (Å²) in [4.78, 5) is 15.4. The molecule has 0 fully saturated rings. The van der Waals surface area contributed by atoms with Gasteiger partial charge >= 0.3 is 5.97 Å². The highest BCUT2D eigenvalue weighted by Crippen LogP contribution is 2.33. The average Bonchev–Trinajstić information content (AvgIpc) is 2.85. The quantitative estimate of drug-likeness (QED) is 0.620. The number of anilines is 3. The molecule has 4 N–H and O–H groups in total. The number of carboxylic acid groups (broad SMARTS) is 1. The molecule has 0 unspecified atom stereocenters. The van der Waals surface area contributed by atoms with E-state index in [0.717, 1.165) is 0 Å². The number of hydrogen-bond acceptors (Lipinski definition) is 5. The third-order valence-electron chi connectivity index (χ3n) is 2.94. The summed E-state index contributed by atoms with van der Waals surface area (Å²) in [5, 5.41) is 12.7. The third kappa shape index (κ3) is 2.54. The van der Waals surface area contributed by atoms with E-state index in [9.17, 15) is 9.90 Å². The molecule has 112 valence electrons. The van der Waals surface area contributed by atoms with E-state index < -0.39 is 5.97 Å². The summed E-state index contributed by atoms with van der Waals surface area (Å²) in [6.45, 7) is 0. The second kappa shape index (κ2) is 5.40. The molecule has 0 atom stereocenters. The van der Waals surface area contributed by atoms with Crippen LogP contribution in [0.5, 0.6) is 0 Å². The van der Waals surface area contributed by atoms with E-state index in [1.807, 2.05) is 0 Å². The first-order valence-corrected chi connectivity index (χ1v) is 6.85. The van der Waals surface area contributed by atoms with Crippen molar-refractivity contribution in [2.45, 2.75) is 0 Å². The van der Waals surface area contributed by atoms with Crippen LogP contribution in [0.25, 0.3) is 11.1 Å². The highest BCUT2D eigenvalue weighted by molar-refractivity contribution is 6.43. The predicted octanol–water partition coefficient (Wildman–Crippen LogP) is 4.16. The summed E-state index contributed by atoms with van der Waals surface area (Å²) in [6, 6.07) is 7.95. The summed E-state index contributed by atoms with van der Waals surface area (Å²) in [5.41, 5.74) is 6.84. The lowest BCUT2D eigenvalue weighted by Gasteiger charge is -2.04. The van der Waals surface area contributed by atoms with Crippen molar-refractivity contribution in [2.75, 3.05) is 11.1 Å². The van der Waals surface area contributed by atoms with Crippen LogP contribution in [0.4, 0.5) is 17.4 Å². The molecule has 0 aliphatic heterocycles. The molecule has 8 heteroatoms. The van der Waals surface area contributed by atoms with Crippen LogP contribution in [-0.4, -0.2) is 16.1 Å². The Morgan fingerprint density at radius 3 is 2.82 bits per heavy atom. The number of rotatable bonds is 3. The Bertz CT molecular complexity index is 892. The Hall–Kier alpha value is -2.44. The van der Waals surface area contributed by atoms with Crippen molar-refractivity contribution < 1.29 is 14.3 Å². The molecule has 1 aromatic heterocycles. The van der Waals surface area contributed by atoms with Gasteiger partial charge < -0.3 is 20.6 Å². The Morgan fingerprint density at radius 2 is 2.09 bits per heavy atom. The number of carbonyl (C=O) groups is 1. The number of nitrogens with zero attached hydrogens (tertiary/aromatic N) is 1. The fraction of sp³-hybridized carbons (Fsp3) is 0. The molecular formula is C14H9Cl2N3O3. The lowest BCUT2D eigenvalue weighted by Crippen LogP contribution is -1.99. The summed E-state index contributed by atoms with van der Waals surface area (Å²) < 4.78 is 5.47. The molecule has 0 radical (unpaired) electrons. The molecule has 0 aliphatic carbocycles. The van der Waals surface area contributed by atoms with Crippen molar-refractivity contribution >= 4 is 57.7 Å². The summed E-state index contributed by atoms with van der Waals surface area (Å²) in [6.07, 6.45) is 0. The number of fused-ring (bicyclic) bond motifs is 1. The first kappa shape index (κ1) is 14.5. The zero-order chi connectivity index (χ0) is 15.9. The number of aromatic carboxylic acids is 1. The van der Waals surface area contributed by atoms with Gasteiger partial charge in [0.2, 0.25) is 0 Å². The number of benzene rings is 2. The van der Waals surface area contributed by atoms with Gasteiger partial charge in [0.15, 0.2) is 5.58 Å². The van der Waals surface area contributed by atoms with Crippen molar-refractivity contribution in [2.24, 2.45) is 0 Å². The molecule has 22 heavy (non-hydrogen) atoms. The zero-order valence-corrected chi connectivity index (χ0v) is 12.4. The lowest BCUT2D eigenvalue weighted by atomic mass is 10.1. The molecule has 2 aromatic carbocycles. The van der Waals surface area contributed by atoms with Gasteiger partial charge in [-0.15, -0.1) is 0 Å². The smallest absolute Gasteiger partial charge is 0.338 e. The number of nitrogens with two attached hydrogens (primary N) is 1. The van der Waals surface area contributed by atoms with Crippen molar-refractivity contribution in [1.29, 1.82) is 0 Å². The van der Waals surface area contributed by atoms with Crippen LogP contribution in [0, 0.1) is 0 Å². The fourth-order valence-electron chi connectivity index (χ4n) is 1.98. The largest absolute Gasteiger partial charge is 0.478 e. The highest BCUT2D eigenvalue weighted by atomic mass is 35.5. The Balaban J connectivity index is 2.07. The second-order valence-corrected chi connectivity index (χ2v) is 5.25. The van der Waals surface area contributed by atoms with Crippen LogP contribution in [0.15, 0.2) is 34.7 Å². The molecule has 6 nitrogen and oxygen atoms in total. The van der Waals surface area contributed by atoms with Gasteiger partial charge in [0.05, 0.1) is 21.3 Å². The fourth-order valence-corrected chi connectivity index (χ4v) is 2.33. The number of nitrogens with one attached hydrogen (secondary N) is 1. The molecule has 3 rings (SSSR count). The van der Waals surface area contributed by atoms with Crippen LogP contribution in [0.2, 0.25) is 10.0 Å². The Kier molecular flexibility index (Phi) is 3.56. The number of halogens is 2. The van der Waals surface area contributed by atoms with Crippen LogP contribution in [-0.2, 0) is 0 Å². The van der Waals surface area contributed by atoms with E-state index in [0.29, 0.717) is 15.7 Å². The molecule has 0 spiro atoms. The average molecular weight is 338 g/mol. The molecule has 0 saturated carbocycles. The highest BCUT2D eigenvalue weighted by Gasteiger charge is 2.17. The van der Waals surface area contributed by atoms with Gasteiger partial charge in [0, 0.05) is 11.8 Å². The van der Waals surface area contributed by atoms with Crippen molar-refractivity contribution in [3.8, 4) is 0 Å². The van der Waals surface area contributed by atoms with Gasteiger partial charge in [-0.2, -0.15) is 4.98 Å². The number of nitrogen functional groups attached to an aromatic ring is 1. The molecule has 3 aromatic rings. The minimum atomic E-state index is -1.14. The minimum absolute atomic E-state index is 0.0380. The van der Waals surface area contributed by atoms with E-state index in [1.165, 1.54) is 12.1 Å². The number of aromatic nitrogens is 1. The summed E-state index contributed by atoms with van der Waals surface area (Å²) in [7, 11) is 0. The van der Waals surface area contributed by atoms with Crippen molar-refractivity contribution in [3.63, 3.8) is 0 Å². The van der Waals surface area contributed by atoms with E-state index in [4.69, 9.17) is 33.4 Å². The SMILES string of the molecule is Nc1cc(C(=O)O)c2nc(Nc3cccc(Cl)c3Cl)oc2c1. The first-order chi connectivity index (χ1) is 10.5. The van der Waals surface area contributed by atoms with Crippen molar-refractivity contribution in [1.82, 2.24) is 4.98 Å². The Morgan fingerprint density at radius 1 is 1.32 bits per heavy atom. The topological polar surface area (TPSA) is 101 Å². The normalized spacial score (nSPS) is 10.8. The first-order valence-electron chi connectivity index (χ1n) is 6.10. The molecule has 1 heterocycles. The lowest BCUT2D eigenvalue weighted by molar-refractivity contribution is 0.0699. The van der Waals surface area contributed by atoms with Gasteiger partial charge in [-0.1, -0.05) is 29.3 Å². The number of carboxylic acids is 1. The maximum absolute atomic E-state index is 11.2. The zero-order valence-electron chi connectivity index (χ0n) is 10.9. The van der Waals surface area contributed by atoms with Gasteiger partial charge in [0.25, 0.3) is 6.01 Å². The number of oxazole rings is 1. The molecule has 0 amide bonds. The standard InChI is InChI=1S/C14H9Cl2N3O3/c15-8-2-1-3-9(11(8)16)18-14-19-12-7(13(20)21)4-6(17)5-10(12)22-14/h1-5H,17H2,(H,18,19)(H,20,21). The van der Waals surface area contributed by atoms with Gasteiger partial charge in [-0.05, 0) is 18.2 Å². The molecule has 0 bridgehead atoms. The summed E-state index contributed by atoms with van der Waals surface area (Å²) in [5.74, 6) is -1.14. The second-order valence-electron chi connectivity index (χ2n) is 4.47. The predicted molar refractivity (Wildman–Crippen MR) is 85.1 cm³/mol. The van der Waals surface area contributed by atoms with Gasteiger partial charge in [0.1, 0.15) is 5.52 Å². The van der Waals surface area contributed by atoms with Gasteiger partial charge in [-0.25, -0.2) is 4.79 Å². The molecule has 0 saturated heterocycles. The van der Waals surface area contributed by atoms with Crippen LogP contribution in [0.1, 0.15) is 10.4 Å². The van der Waals surface area contributed by atoms with E-state index in [-0.39, 0.29) is 28.4 Å². The monoisotopic (exact) mass is 337 g/mol. The van der Waals surface area contributed by atoms with Crippen LogP contribution in [0.3, 0.4) is 0 Å². The van der Waals surface area contributed by atoms with E-state index in [2.05, 4.69) is 10.3 Å². The molecular weight excluding hydrogens is 329 g/mol. The number of hydrogen-bond donors (Lipinski definition) is 3. The van der Waals surface area contributed by atoms with Crippen LogP contribution >= 0.6 is 23.2 Å². The third-order valence-corrected chi connectivity index (χ3v) is 3.76. The van der Waals surface area contributed by atoms with Crippen LogP contribution < -0.4 is 11.1 Å². The maximum Gasteiger partial charge on any atom is 0.338 e. The minimum Gasteiger partial charge on any atom is -0.478 e. The van der Waals surface area contributed by atoms with Gasteiger partial charge in [-0.3, -0.25) is 0 Å². The van der Waals surface area contributed by atoms with E-state index >= 15 is 0 Å². The van der Waals surface area contributed by atoms with Crippen molar-refractivity contribution in [3.05, 3.63) is 45.9 Å². The maximum atomic E-state index is 11.2.